The van der Waals surface area contributed by atoms with Gasteiger partial charge in [0.25, 0.3) is 0 Å². The summed E-state index contributed by atoms with van der Waals surface area (Å²) in [6.45, 7) is 3.03. The third-order valence-electron chi connectivity index (χ3n) is 12.5. The molecule has 0 radical (unpaired) electrons. The van der Waals surface area contributed by atoms with E-state index >= 15 is 0 Å². The third kappa shape index (κ3) is 12.6. The van der Waals surface area contributed by atoms with Crippen molar-refractivity contribution in [2.45, 2.75) is 31.7 Å². The lowest BCUT2D eigenvalue weighted by atomic mass is 9.98. The maximum Gasteiger partial charge on any atom is 0.119 e. The van der Waals surface area contributed by atoms with Crippen LogP contribution in [-0.2, 0) is 0 Å². The van der Waals surface area contributed by atoms with Gasteiger partial charge in [-0.1, -0.05) is 75.1 Å². The molecule has 20 nitrogen and oxygen atoms in total. The summed E-state index contributed by atoms with van der Waals surface area (Å²) in [5.74, 6) is 2.77. The van der Waals surface area contributed by atoms with E-state index in [-0.39, 0.29) is 6.04 Å². The van der Waals surface area contributed by atoms with Gasteiger partial charge < -0.3 is 34.2 Å². The standard InChI is InChI=1S/C56H52N16O4/c57-69-61-29-1-33-73-41-13-5-37(6-14-41)53-45-21-23-47(65-45)54(38-7-15-42(16-8-38)74-34-2-30-62-70-58)49-25-27-51(67-49)56(40-11-19-44(20-12-40)76-36-4-32-64-72-60)52-28-26-50(68-52)55(48-24-22-46(53)66-48)39-9-17-43(18-10-39)75-35-3-31-63-71-59/h5-28,45,65-67H,1-4,29-36H2/b53-46-,54-47-,55-48-,56-52-. The zero-order valence-electron chi connectivity index (χ0n) is 41.4. The molecule has 0 spiro atoms. The lowest BCUT2D eigenvalue weighted by Gasteiger charge is -2.19. The Morgan fingerprint density at radius 3 is 1.33 bits per heavy atom. The van der Waals surface area contributed by atoms with Crippen molar-refractivity contribution in [3.63, 3.8) is 0 Å². The lowest BCUT2D eigenvalue weighted by molar-refractivity contribution is 0.313. The van der Waals surface area contributed by atoms with Crippen LogP contribution in [0.4, 0.5) is 0 Å². The molecule has 3 aliphatic heterocycles. The number of rotatable bonds is 24. The Hall–Kier alpha value is -9.95. The number of aromatic amines is 2. The Labute approximate surface area is 436 Å². The molecule has 2 aromatic heterocycles. The van der Waals surface area contributed by atoms with Crippen LogP contribution in [0.3, 0.4) is 0 Å². The van der Waals surface area contributed by atoms with Crippen molar-refractivity contribution < 1.29 is 18.9 Å². The van der Waals surface area contributed by atoms with E-state index in [1.54, 1.807) is 0 Å². The number of H-pyrrole nitrogens is 2. The fourth-order valence-electron chi connectivity index (χ4n) is 9.01. The fourth-order valence-corrected chi connectivity index (χ4v) is 9.01. The van der Waals surface area contributed by atoms with E-state index in [2.05, 4.69) is 104 Å². The van der Waals surface area contributed by atoms with Gasteiger partial charge in [0.15, 0.2) is 0 Å². The quantitative estimate of drug-likeness (QED) is 0.0230. The van der Waals surface area contributed by atoms with Crippen LogP contribution in [0, 0.1) is 0 Å². The highest BCUT2D eigenvalue weighted by Gasteiger charge is 2.26. The highest BCUT2D eigenvalue weighted by atomic mass is 16.5. The molecule has 4 aromatic carbocycles. The molecule has 1 atom stereocenters. The minimum atomic E-state index is -0.294. The van der Waals surface area contributed by atoms with E-state index < -0.39 is 0 Å². The van der Waals surface area contributed by atoms with Gasteiger partial charge in [0.1, 0.15) is 23.0 Å². The number of nitrogens with one attached hydrogen (secondary N) is 3. The molecular formula is C56H52N16O4. The van der Waals surface area contributed by atoms with Gasteiger partial charge in [-0.15, -0.1) is 0 Å². The van der Waals surface area contributed by atoms with Crippen LogP contribution < -0.4 is 35.0 Å². The first kappa shape index (κ1) is 51.0. The Bertz CT molecular complexity index is 3530. The van der Waals surface area contributed by atoms with Crippen molar-refractivity contribution in [2.24, 2.45) is 25.4 Å². The molecule has 9 rings (SSSR count). The molecule has 8 bridgehead atoms. The average molecular weight is 1010 g/mol. The van der Waals surface area contributed by atoms with Crippen molar-refractivity contribution in [1.82, 2.24) is 15.3 Å². The van der Waals surface area contributed by atoms with E-state index in [9.17, 15) is 0 Å². The predicted molar refractivity (Wildman–Crippen MR) is 293 cm³/mol. The summed E-state index contributed by atoms with van der Waals surface area (Å²) in [5, 5.41) is 20.1. The molecule has 3 N–H and O–H groups in total. The first-order valence-electron chi connectivity index (χ1n) is 24.8. The van der Waals surface area contributed by atoms with E-state index in [0.29, 0.717) is 101 Å². The van der Waals surface area contributed by atoms with Crippen LogP contribution >= 0.6 is 0 Å². The maximum absolute atomic E-state index is 8.71. The van der Waals surface area contributed by atoms with E-state index in [4.69, 9.17) is 46.1 Å². The largest absolute Gasteiger partial charge is 0.494 e. The second kappa shape index (κ2) is 25.6. The van der Waals surface area contributed by atoms with Crippen LogP contribution in [0.25, 0.3) is 64.1 Å². The highest BCUT2D eigenvalue weighted by molar-refractivity contribution is 6.30. The normalized spacial score (nSPS) is 17.5. The molecule has 0 aliphatic carbocycles. The number of aromatic nitrogens is 2. The summed E-state index contributed by atoms with van der Waals surface area (Å²) >= 11 is 0. The number of nitrogens with zero attached hydrogens (tertiary/aromatic N) is 13. The molecule has 20 heteroatoms. The lowest BCUT2D eigenvalue weighted by Crippen LogP contribution is -2.30. The van der Waals surface area contributed by atoms with Crippen LogP contribution in [0.1, 0.15) is 59.3 Å². The number of azide groups is 4. The second-order valence-electron chi connectivity index (χ2n) is 17.4. The number of allylic oxidation sites excluding steroid dienone is 3. The van der Waals surface area contributed by atoms with Gasteiger partial charge in [-0.3, -0.25) is 0 Å². The van der Waals surface area contributed by atoms with Gasteiger partial charge in [-0.2, -0.15) is 0 Å². The molecule has 0 saturated heterocycles. The van der Waals surface area contributed by atoms with Crippen molar-refractivity contribution in [3.8, 4) is 23.0 Å². The molecule has 6 aromatic rings. The van der Waals surface area contributed by atoms with Gasteiger partial charge in [-0.05, 0) is 161 Å². The molecule has 0 amide bonds. The first-order valence-corrected chi connectivity index (χ1v) is 24.8. The summed E-state index contributed by atoms with van der Waals surface area (Å²) < 4.78 is 24.1. The number of hydrogen-bond donors (Lipinski definition) is 3. The topological polar surface area (TPSA) is 288 Å². The molecule has 0 saturated carbocycles. The van der Waals surface area contributed by atoms with Gasteiger partial charge in [0.05, 0.1) is 43.9 Å². The summed E-state index contributed by atoms with van der Waals surface area (Å²) in [6, 6.07) is 39.9. The number of benzene rings is 4. The molecule has 1 unspecified atom stereocenters. The van der Waals surface area contributed by atoms with Gasteiger partial charge in [0.2, 0.25) is 0 Å². The van der Waals surface area contributed by atoms with Crippen LogP contribution in [0.15, 0.2) is 182 Å². The SMILES string of the molecule is [N-]=[N+]=NCCCOc1ccc(/C2=C3\C=CC(=N3)/C(c3ccc(OCCCN=[N+]=[N-])cc3)=c3/cc/c([nH]3)=C(\c3ccc(OCCCN=[N+]=[N-])cc3)C3C=C/C(=C(\c4ccc(OCCCN=[N+]=[N-])cc4)c4ccc2[nH]4)N3)cc1. The van der Waals surface area contributed by atoms with E-state index in [1.165, 1.54) is 0 Å². The van der Waals surface area contributed by atoms with Gasteiger partial charge >= 0.3 is 0 Å². The third-order valence-corrected chi connectivity index (χ3v) is 12.5. The second-order valence-corrected chi connectivity index (χ2v) is 17.4. The van der Waals surface area contributed by atoms with E-state index in [1.807, 2.05) is 97.1 Å². The fraction of sp³-hybridized carbons (Fsp3) is 0.232. The van der Waals surface area contributed by atoms with Gasteiger partial charge in [0, 0.05) is 95.9 Å². The smallest absolute Gasteiger partial charge is 0.119 e. The van der Waals surface area contributed by atoms with Crippen LogP contribution in [-0.4, -0.2) is 74.3 Å². The Balaban J connectivity index is 1.20. The number of ether oxygens (including phenoxy) is 4. The summed E-state index contributed by atoms with van der Waals surface area (Å²) in [6.07, 6.45) is 10.8. The molecule has 0 fully saturated rings. The minimum Gasteiger partial charge on any atom is -0.494 e. The van der Waals surface area contributed by atoms with Crippen molar-refractivity contribution in [3.05, 3.63) is 243 Å². The van der Waals surface area contributed by atoms with Crippen molar-refractivity contribution in [2.75, 3.05) is 52.6 Å². The average Bonchev–Trinajstić information content (AvgIpc) is 4.33. The zero-order valence-corrected chi connectivity index (χ0v) is 41.4. The number of aliphatic imine (C=N–C) groups is 1. The van der Waals surface area contributed by atoms with E-state index in [0.717, 1.165) is 83.7 Å². The van der Waals surface area contributed by atoms with Crippen molar-refractivity contribution >= 4 is 28.0 Å². The Kier molecular flexibility index (Phi) is 17.2. The summed E-state index contributed by atoms with van der Waals surface area (Å²) in [4.78, 5) is 24.5. The zero-order chi connectivity index (χ0) is 52.3. The summed E-state index contributed by atoms with van der Waals surface area (Å²) in [7, 11) is 0. The maximum atomic E-state index is 8.71. The Morgan fingerprint density at radius 2 is 0.855 bits per heavy atom. The molecule has 5 heterocycles. The van der Waals surface area contributed by atoms with Crippen LogP contribution in [0.5, 0.6) is 23.0 Å². The predicted octanol–water partition coefficient (Wildman–Crippen LogP) is 11.8. The molecular weight excluding hydrogens is 961 g/mol. The van der Waals surface area contributed by atoms with Crippen LogP contribution in [0.2, 0.25) is 0 Å². The van der Waals surface area contributed by atoms with Crippen molar-refractivity contribution in [1.29, 1.82) is 0 Å². The van der Waals surface area contributed by atoms with Gasteiger partial charge in [-0.25, -0.2) is 4.99 Å². The molecule has 3 aliphatic rings. The number of fused-ring (bicyclic) bond motifs is 7. The minimum absolute atomic E-state index is 0.294. The number of hydrogen-bond acceptors (Lipinski definition) is 10. The highest BCUT2D eigenvalue weighted by Crippen LogP contribution is 2.37. The first-order chi connectivity index (χ1) is 37.5. The Morgan fingerprint density at radius 1 is 0.434 bits per heavy atom. The molecule has 380 valence electrons. The molecule has 76 heavy (non-hydrogen) atoms. The monoisotopic (exact) mass is 1010 g/mol. The summed E-state index contributed by atoms with van der Waals surface area (Å²) in [5.41, 5.74) is 46.3.